The second kappa shape index (κ2) is 11.0. The van der Waals surface area contributed by atoms with Crippen molar-refractivity contribution >= 4 is 27.6 Å². The van der Waals surface area contributed by atoms with E-state index >= 15 is 0 Å². The molecule has 0 aliphatic rings. The normalized spacial score (nSPS) is 13.0. The highest BCUT2D eigenvalue weighted by Gasteiger charge is 2.10. The van der Waals surface area contributed by atoms with E-state index in [1.165, 1.54) is 7.05 Å². The van der Waals surface area contributed by atoms with Gasteiger partial charge >= 0.3 is 0 Å². The predicted octanol–water partition coefficient (Wildman–Crippen LogP) is 2.77. The van der Waals surface area contributed by atoms with Crippen LogP contribution in [0.4, 0.5) is 0 Å². The maximum absolute atomic E-state index is 11.8. The highest BCUT2D eigenvalue weighted by atomic mass is 35.5. The van der Waals surface area contributed by atoms with Crippen molar-refractivity contribution in [3.05, 3.63) is 59.1 Å². The quantitative estimate of drug-likeness (QED) is 0.413. The topological polar surface area (TPSA) is 91.8 Å². The molecule has 1 atom stereocenters. The molecule has 0 radical (unpaired) electrons. The van der Waals surface area contributed by atoms with Gasteiger partial charge in [-0.05, 0) is 62.9 Å². The number of sulfonamides is 1. The number of hydrogen-bond donors (Lipinski definition) is 3. The van der Waals surface area contributed by atoms with E-state index in [0.29, 0.717) is 24.1 Å². The first-order valence-corrected chi connectivity index (χ1v) is 11.2. The van der Waals surface area contributed by atoms with E-state index in [-0.39, 0.29) is 11.0 Å². The number of ether oxygens (including phenoxy) is 1. The molecule has 0 saturated heterocycles. The summed E-state index contributed by atoms with van der Waals surface area (Å²) >= 11 is 5.88. The summed E-state index contributed by atoms with van der Waals surface area (Å²) in [7, 11) is -2.04. The third-order valence-electron chi connectivity index (χ3n) is 3.97. The van der Waals surface area contributed by atoms with Gasteiger partial charge in [0.05, 0.1) is 18.0 Å². The standard InChI is InChI=1S/C20H27ClN4O3S/c1-4-23-20(24-13-15(2)28-18-9-7-17(21)8-10-18)25-14-16-5-11-19(12-6-16)29(26,27)22-3/h5-12,15,22H,4,13-14H2,1-3H3,(H2,23,24,25). The Kier molecular flexibility index (Phi) is 8.75. The number of guanidine groups is 1. The fourth-order valence-corrected chi connectivity index (χ4v) is 3.29. The Hall–Kier alpha value is -2.29. The van der Waals surface area contributed by atoms with Gasteiger partial charge in [-0.25, -0.2) is 18.1 Å². The molecule has 158 valence electrons. The van der Waals surface area contributed by atoms with Gasteiger partial charge in [-0.2, -0.15) is 0 Å². The van der Waals surface area contributed by atoms with Crippen LogP contribution in [0.25, 0.3) is 0 Å². The summed E-state index contributed by atoms with van der Waals surface area (Å²) in [6.07, 6.45) is -0.0777. The van der Waals surface area contributed by atoms with Crippen LogP contribution in [0, 0.1) is 0 Å². The van der Waals surface area contributed by atoms with Crippen LogP contribution < -0.4 is 20.1 Å². The van der Waals surface area contributed by atoms with Crippen LogP contribution in [0.2, 0.25) is 5.02 Å². The van der Waals surface area contributed by atoms with Gasteiger partial charge in [-0.15, -0.1) is 0 Å². The zero-order valence-corrected chi connectivity index (χ0v) is 18.3. The summed E-state index contributed by atoms with van der Waals surface area (Å²) in [5.41, 5.74) is 0.905. The minimum Gasteiger partial charge on any atom is -0.489 e. The first-order valence-electron chi connectivity index (χ1n) is 9.31. The molecule has 0 fully saturated rings. The van der Waals surface area contributed by atoms with Gasteiger partial charge in [-0.1, -0.05) is 23.7 Å². The van der Waals surface area contributed by atoms with Crippen LogP contribution >= 0.6 is 11.6 Å². The van der Waals surface area contributed by atoms with Gasteiger partial charge < -0.3 is 15.4 Å². The molecule has 0 bridgehead atoms. The van der Waals surface area contributed by atoms with Crippen molar-refractivity contribution in [2.45, 2.75) is 31.4 Å². The first-order chi connectivity index (χ1) is 13.8. The van der Waals surface area contributed by atoms with Gasteiger partial charge in [-0.3, -0.25) is 0 Å². The lowest BCUT2D eigenvalue weighted by Gasteiger charge is -2.17. The van der Waals surface area contributed by atoms with Crippen LogP contribution in [0.3, 0.4) is 0 Å². The lowest BCUT2D eigenvalue weighted by Crippen LogP contribution is -2.41. The molecule has 29 heavy (non-hydrogen) atoms. The fourth-order valence-electron chi connectivity index (χ4n) is 2.43. The monoisotopic (exact) mass is 438 g/mol. The van der Waals surface area contributed by atoms with E-state index in [4.69, 9.17) is 16.3 Å². The third kappa shape index (κ3) is 7.56. The maximum atomic E-state index is 11.8. The molecule has 0 saturated carbocycles. The van der Waals surface area contributed by atoms with Crippen molar-refractivity contribution in [2.24, 2.45) is 4.99 Å². The first kappa shape index (κ1) is 23.0. The average molecular weight is 439 g/mol. The lowest BCUT2D eigenvalue weighted by atomic mass is 10.2. The maximum Gasteiger partial charge on any atom is 0.240 e. The molecule has 0 aliphatic heterocycles. The Bertz CT molecular complexity index is 900. The molecule has 2 rings (SSSR count). The molecule has 7 nitrogen and oxygen atoms in total. The molecular weight excluding hydrogens is 412 g/mol. The van der Waals surface area contributed by atoms with Gasteiger partial charge in [0.1, 0.15) is 11.9 Å². The van der Waals surface area contributed by atoms with Gasteiger partial charge in [0.15, 0.2) is 5.96 Å². The number of halogens is 1. The number of rotatable bonds is 9. The van der Waals surface area contributed by atoms with Crippen LogP contribution in [-0.2, 0) is 16.6 Å². The van der Waals surface area contributed by atoms with Gasteiger partial charge in [0, 0.05) is 11.6 Å². The molecule has 2 aromatic carbocycles. The van der Waals surface area contributed by atoms with E-state index in [2.05, 4.69) is 20.3 Å². The molecular formula is C20H27ClN4O3S. The van der Waals surface area contributed by atoms with Crippen molar-refractivity contribution in [2.75, 3.05) is 20.1 Å². The van der Waals surface area contributed by atoms with Crippen molar-refractivity contribution in [3.63, 3.8) is 0 Å². The van der Waals surface area contributed by atoms with E-state index in [1.807, 2.05) is 26.0 Å². The van der Waals surface area contributed by atoms with Crippen molar-refractivity contribution in [1.82, 2.24) is 15.4 Å². The highest BCUT2D eigenvalue weighted by molar-refractivity contribution is 7.89. The minimum atomic E-state index is -3.43. The summed E-state index contributed by atoms with van der Waals surface area (Å²) < 4.78 is 31.7. The lowest BCUT2D eigenvalue weighted by molar-refractivity contribution is 0.224. The number of benzene rings is 2. The van der Waals surface area contributed by atoms with Crippen LogP contribution in [0.5, 0.6) is 5.75 Å². The zero-order valence-electron chi connectivity index (χ0n) is 16.8. The number of hydrogen-bond acceptors (Lipinski definition) is 4. The van der Waals surface area contributed by atoms with E-state index in [9.17, 15) is 8.42 Å². The third-order valence-corrected chi connectivity index (χ3v) is 5.66. The molecule has 0 heterocycles. The molecule has 9 heteroatoms. The Labute approximate surface area is 177 Å². The van der Waals surface area contributed by atoms with E-state index < -0.39 is 10.0 Å². The SMILES string of the molecule is CCNC(=NCc1ccc(S(=O)(=O)NC)cc1)NCC(C)Oc1ccc(Cl)cc1. The molecule has 0 aliphatic carbocycles. The second-order valence-corrected chi connectivity index (χ2v) is 8.63. The van der Waals surface area contributed by atoms with Crippen LogP contribution in [0.1, 0.15) is 19.4 Å². The molecule has 0 spiro atoms. The molecule has 2 aromatic rings. The Morgan fingerprint density at radius 3 is 2.34 bits per heavy atom. The Balaban J connectivity index is 1.92. The fraction of sp³-hybridized carbons (Fsp3) is 0.350. The molecule has 0 aromatic heterocycles. The van der Waals surface area contributed by atoms with Gasteiger partial charge in [0.2, 0.25) is 10.0 Å². The molecule has 3 N–H and O–H groups in total. The second-order valence-electron chi connectivity index (χ2n) is 6.31. The molecule has 1 unspecified atom stereocenters. The Morgan fingerprint density at radius 2 is 1.76 bits per heavy atom. The van der Waals surface area contributed by atoms with Crippen molar-refractivity contribution in [1.29, 1.82) is 0 Å². The van der Waals surface area contributed by atoms with E-state index in [1.54, 1.807) is 36.4 Å². The summed E-state index contributed by atoms with van der Waals surface area (Å²) in [5, 5.41) is 7.10. The average Bonchev–Trinajstić information content (AvgIpc) is 2.72. The summed E-state index contributed by atoms with van der Waals surface area (Å²) in [4.78, 5) is 4.77. The number of nitrogens with zero attached hydrogens (tertiary/aromatic N) is 1. The summed E-state index contributed by atoms with van der Waals surface area (Å²) in [6, 6.07) is 13.9. The molecule has 0 amide bonds. The van der Waals surface area contributed by atoms with Crippen molar-refractivity contribution in [3.8, 4) is 5.75 Å². The van der Waals surface area contributed by atoms with E-state index in [0.717, 1.165) is 17.9 Å². The smallest absolute Gasteiger partial charge is 0.240 e. The largest absolute Gasteiger partial charge is 0.489 e. The zero-order chi connectivity index (χ0) is 21.3. The number of nitrogens with one attached hydrogen (secondary N) is 3. The summed E-state index contributed by atoms with van der Waals surface area (Å²) in [5.74, 6) is 1.41. The van der Waals surface area contributed by atoms with Crippen LogP contribution in [-0.4, -0.2) is 40.6 Å². The van der Waals surface area contributed by atoms with Crippen LogP contribution in [0.15, 0.2) is 58.4 Å². The highest BCUT2D eigenvalue weighted by Crippen LogP contribution is 2.16. The minimum absolute atomic E-state index is 0.0777. The van der Waals surface area contributed by atoms with Gasteiger partial charge in [0.25, 0.3) is 0 Å². The summed E-state index contributed by atoms with van der Waals surface area (Å²) in [6.45, 7) is 5.65. The van der Waals surface area contributed by atoms with Crippen molar-refractivity contribution < 1.29 is 13.2 Å². The Morgan fingerprint density at radius 1 is 1.10 bits per heavy atom. The number of aliphatic imine (C=N–C) groups is 1. The predicted molar refractivity (Wildman–Crippen MR) is 117 cm³/mol.